The highest BCUT2D eigenvalue weighted by atomic mass is 35.5. The summed E-state index contributed by atoms with van der Waals surface area (Å²) in [6.45, 7) is 11.2. The van der Waals surface area contributed by atoms with Crippen LogP contribution in [0.3, 0.4) is 0 Å². The van der Waals surface area contributed by atoms with Gasteiger partial charge in [-0.1, -0.05) is 80.6 Å². The third-order valence-corrected chi connectivity index (χ3v) is 17.0. The fourth-order valence-corrected chi connectivity index (χ4v) is 12.0. The topological polar surface area (TPSA) is 131 Å². The molecule has 11 nitrogen and oxygen atoms in total. The summed E-state index contributed by atoms with van der Waals surface area (Å²) in [5.41, 5.74) is -0.0505. The molecule has 18 heteroatoms. The van der Waals surface area contributed by atoms with E-state index in [9.17, 15) is 36.0 Å². The summed E-state index contributed by atoms with van der Waals surface area (Å²) in [7, 11) is -5.83. The number of thioether (sulfide) groups is 1. The number of amides is 2. The zero-order valence-corrected chi connectivity index (χ0v) is 44.4. The van der Waals surface area contributed by atoms with E-state index >= 15 is 0 Å². The van der Waals surface area contributed by atoms with Gasteiger partial charge in [-0.05, 0) is 140 Å². The number of carbonyl (C=O) groups excluding carboxylic acids is 3. The number of hydrogen-bond donors (Lipinski definition) is 3. The Morgan fingerprint density at radius 1 is 0.861 bits per heavy atom. The highest BCUT2D eigenvalue weighted by molar-refractivity contribution is 7.99. The summed E-state index contributed by atoms with van der Waals surface area (Å²) in [6.07, 6.45) is 10.4. The molecule has 6 rings (SSSR count). The summed E-state index contributed by atoms with van der Waals surface area (Å²) >= 11 is 8.45. The normalized spacial score (nSPS) is 15.8. The van der Waals surface area contributed by atoms with Crippen molar-refractivity contribution in [3.05, 3.63) is 119 Å². The van der Waals surface area contributed by atoms with Crippen LogP contribution in [-0.4, -0.2) is 113 Å². The highest BCUT2D eigenvalue weighted by Gasteiger charge is 2.48. The van der Waals surface area contributed by atoms with E-state index in [4.69, 9.17) is 11.6 Å². The van der Waals surface area contributed by atoms with Crippen molar-refractivity contribution in [1.82, 2.24) is 19.8 Å². The van der Waals surface area contributed by atoms with Gasteiger partial charge in [0.25, 0.3) is 15.7 Å². The Labute approximate surface area is 437 Å². The van der Waals surface area contributed by atoms with Crippen LogP contribution >= 0.6 is 35.3 Å². The number of benzene rings is 4. The summed E-state index contributed by atoms with van der Waals surface area (Å²) in [6, 6.07) is 28.2. The van der Waals surface area contributed by atoms with E-state index < -0.39 is 32.2 Å². The number of nitrogens with zero attached hydrogens (tertiary/aromatic N) is 3. The van der Waals surface area contributed by atoms with E-state index in [1.54, 1.807) is 12.1 Å². The van der Waals surface area contributed by atoms with Crippen LogP contribution in [0.1, 0.15) is 94.0 Å². The van der Waals surface area contributed by atoms with Gasteiger partial charge < -0.3 is 25.2 Å². The number of aldehydes is 1. The van der Waals surface area contributed by atoms with E-state index in [0.29, 0.717) is 50.2 Å². The second-order valence-electron chi connectivity index (χ2n) is 19.3. The third-order valence-electron chi connectivity index (χ3n) is 13.3. The average molecular weight is 1070 g/mol. The van der Waals surface area contributed by atoms with Crippen LogP contribution in [0, 0.1) is 5.41 Å². The summed E-state index contributed by atoms with van der Waals surface area (Å²) in [5, 5.41) is 6.59. The number of nitrogens with one attached hydrogen (secondary N) is 3. The smallest absolute Gasteiger partial charge is 0.380 e. The van der Waals surface area contributed by atoms with Crippen molar-refractivity contribution in [1.29, 1.82) is 0 Å². The van der Waals surface area contributed by atoms with Gasteiger partial charge in [0.2, 0.25) is 6.41 Å². The molecule has 0 saturated carbocycles. The third kappa shape index (κ3) is 17.3. The molecule has 1 saturated heterocycles. The van der Waals surface area contributed by atoms with E-state index in [2.05, 4.69) is 56.0 Å². The summed E-state index contributed by atoms with van der Waals surface area (Å²) in [4.78, 5) is 42.2. The Balaban J connectivity index is 1.09. The van der Waals surface area contributed by atoms with Crippen molar-refractivity contribution in [2.45, 2.75) is 104 Å². The number of halogens is 4. The van der Waals surface area contributed by atoms with Gasteiger partial charge in [0.1, 0.15) is 11.2 Å². The lowest BCUT2D eigenvalue weighted by Gasteiger charge is -2.39. The molecule has 4 aromatic carbocycles. The first kappa shape index (κ1) is 56.8. The van der Waals surface area contributed by atoms with Gasteiger partial charge in [-0.2, -0.15) is 13.2 Å². The lowest BCUT2D eigenvalue weighted by Crippen LogP contribution is -2.47. The number of piperazine rings is 1. The minimum Gasteiger partial charge on any atom is -0.380 e. The zero-order chi connectivity index (χ0) is 51.6. The van der Waals surface area contributed by atoms with Crippen LogP contribution < -0.4 is 20.3 Å². The molecule has 390 valence electrons. The van der Waals surface area contributed by atoms with Gasteiger partial charge in [-0.3, -0.25) is 19.2 Å². The van der Waals surface area contributed by atoms with Crippen molar-refractivity contribution < 1.29 is 36.0 Å². The first-order valence-corrected chi connectivity index (χ1v) is 28.5. The molecule has 0 bridgehead atoms. The van der Waals surface area contributed by atoms with Gasteiger partial charge in [0.05, 0.1) is 5.69 Å². The quantitative estimate of drug-likeness (QED) is 0.0217. The first-order chi connectivity index (χ1) is 34.5. The molecule has 2 amide bonds. The molecule has 0 aromatic heterocycles. The molecule has 4 aromatic rings. The number of anilines is 2. The second-order valence-corrected chi connectivity index (χ2v) is 23.6. The van der Waals surface area contributed by atoms with Crippen LogP contribution in [0.4, 0.5) is 24.5 Å². The van der Waals surface area contributed by atoms with E-state index in [-0.39, 0.29) is 16.0 Å². The van der Waals surface area contributed by atoms with E-state index in [1.807, 2.05) is 54.6 Å². The molecule has 72 heavy (non-hydrogen) atoms. The maximum atomic E-state index is 14.3. The molecular weight excluding hydrogens is 1000 g/mol. The molecule has 2 aliphatic rings. The lowest BCUT2D eigenvalue weighted by atomic mass is 9.73. The minimum absolute atomic E-state index is 0.106. The fraction of sp³-hybridized carbons (Fsp3) is 0.463. The number of hydrogen-bond acceptors (Lipinski definition) is 11. The Hall–Kier alpha value is -4.52. The minimum atomic E-state index is -5.83. The molecule has 3 N–H and O–H groups in total. The van der Waals surface area contributed by atoms with Crippen LogP contribution in [-0.2, 0) is 19.4 Å². The van der Waals surface area contributed by atoms with Crippen LogP contribution in [0.2, 0.25) is 5.02 Å². The molecule has 1 fully saturated rings. The van der Waals surface area contributed by atoms with Crippen LogP contribution in [0.5, 0.6) is 0 Å². The molecule has 1 aliphatic carbocycles. The number of carbonyl (C=O) groups is 3. The number of unbranched alkanes of at least 4 members (excludes halogenated alkanes) is 5. The summed E-state index contributed by atoms with van der Waals surface area (Å²) < 4.78 is 72.1. The maximum absolute atomic E-state index is 14.3. The van der Waals surface area contributed by atoms with Crippen molar-refractivity contribution in [3.63, 3.8) is 0 Å². The Morgan fingerprint density at radius 3 is 2.26 bits per heavy atom. The van der Waals surface area contributed by atoms with Crippen molar-refractivity contribution in [2.75, 3.05) is 74.9 Å². The number of allylic oxidation sites excluding steroid dienone is 1. The van der Waals surface area contributed by atoms with Gasteiger partial charge in [-0.25, -0.2) is 8.42 Å². The molecule has 1 unspecified atom stereocenters. The monoisotopic (exact) mass is 1070 g/mol. The van der Waals surface area contributed by atoms with Crippen molar-refractivity contribution >= 4 is 80.7 Å². The Morgan fingerprint density at radius 2 is 1.57 bits per heavy atom. The SMILES string of the molecule is CC1(C)CCC(c2ccc(Cl)cc2)=C(CN2CCN(c3ccc(C(=O)NSc4ccc(NC(CCN(CCCCCCCC=O)CCNC=O)CSc5ccccc5)c(S(=O)(=O)C(F)(F)F)c4)cc3)CC2)C1. The molecule has 1 atom stereocenters. The predicted octanol–water partition coefficient (Wildman–Crippen LogP) is 11.4. The second kappa shape index (κ2) is 27.7. The molecule has 1 aliphatic heterocycles. The Kier molecular flexibility index (Phi) is 21.8. The maximum Gasteiger partial charge on any atom is 0.501 e. The van der Waals surface area contributed by atoms with Gasteiger partial charge >= 0.3 is 5.51 Å². The molecule has 1 heterocycles. The zero-order valence-electron chi connectivity index (χ0n) is 41.2. The number of alkyl halides is 3. The van der Waals surface area contributed by atoms with Crippen molar-refractivity contribution in [3.8, 4) is 0 Å². The Bertz CT molecular complexity index is 2510. The molecular formula is C54H68ClF3N6O5S3. The van der Waals surface area contributed by atoms with Crippen molar-refractivity contribution in [2.24, 2.45) is 5.41 Å². The molecule has 0 spiro atoms. The first-order valence-electron chi connectivity index (χ1n) is 24.8. The highest BCUT2D eigenvalue weighted by Crippen LogP contribution is 2.43. The average Bonchev–Trinajstić information content (AvgIpc) is 3.36. The van der Waals surface area contributed by atoms with Gasteiger partial charge in [0, 0.05) is 96.6 Å². The largest absolute Gasteiger partial charge is 0.501 e. The van der Waals surface area contributed by atoms with Crippen LogP contribution in [0.15, 0.2) is 117 Å². The van der Waals surface area contributed by atoms with Crippen LogP contribution in [0.25, 0.3) is 5.57 Å². The van der Waals surface area contributed by atoms with Gasteiger partial charge in [-0.15, -0.1) is 11.8 Å². The van der Waals surface area contributed by atoms with E-state index in [0.717, 1.165) is 131 Å². The summed E-state index contributed by atoms with van der Waals surface area (Å²) in [5.74, 6) is -0.0690. The number of rotatable bonds is 28. The number of sulfone groups is 1. The fourth-order valence-electron chi connectivity index (χ4n) is 9.20. The standard InChI is InChI=1S/C54H68ClF3N6O5S3/c1-53(2)26-24-49(41-14-18-44(55)19-15-41)43(37-53)38-63-31-33-64(34-32-63)46-20-16-42(17-21-46)52(67)61-71-48-22-23-50(51(36-48)72(68,69)54(56,57)58)60-45(39-70-47-12-8-7-9-13-47)25-29-62(30-27-59-40-66)28-10-5-3-4-6-11-35-65/h7-9,12-23,35-36,40,45,60H,3-6,10-11,24-34,37-39H2,1-2H3,(H,59,66)(H,61,67). The van der Waals surface area contributed by atoms with Gasteiger partial charge in [0.15, 0.2) is 0 Å². The molecule has 0 radical (unpaired) electrons. The lowest BCUT2D eigenvalue weighted by molar-refractivity contribution is -0.109. The predicted molar refractivity (Wildman–Crippen MR) is 288 cm³/mol. The van der Waals surface area contributed by atoms with E-state index in [1.165, 1.54) is 40.6 Å².